The van der Waals surface area contributed by atoms with Crippen LogP contribution in [0.25, 0.3) is 0 Å². The Labute approximate surface area is 97.6 Å². The molecule has 6 heteroatoms. The van der Waals surface area contributed by atoms with E-state index in [2.05, 4.69) is 4.74 Å². The number of benzene rings is 1. The molecule has 0 fully saturated rings. The van der Waals surface area contributed by atoms with Crippen LogP contribution in [0.15, 0.2) is 12.1 Å². The van der Waals surface area contributed by atoms with Gasteiger partial charge in [0.25, 0.3) is 0 Å². The maximum Gasteiger partial charge on any atom is 0.344 e. The van der Waals surface area contributed by atoms with Crippen molar-refractivity contribution in [2.24, 2.45) is 0 Å². The number of nitrogens with zero attached hydrogens (tertiary/aromatic N) is 2. The van der Waals surface area contributed by atoms with Crippen molar-refractivity contribution in [3.8, 4) is 6.07 Å². The van der Waals surface area contributed by atoms with Gasteiger partial charge in [-0.1, -0.05) is 6.92 Å². The fraction of sp³-hybridized carbons (Fsp3) is 0.273. The quantitative estimate of drug-likeness (QED) is 0.451. The summed E-state index contributed by atoms with van der Waals surface area (Å²) in [6.45, 7) is 1.82. The Morgan fingerprint density at radius 2 is 2.24 bits per heavy atom. The summed E-state index contributed by atoms with van der Waals surface area (Å²) in [6, 6.07) is 4.51. The minimum absolute atomic E-state index is 0.130. The molecular formula is C11H10N2O4. The average molecular weight is 234 g/mol. The van der Waals surface area contributed by atoms with Crippen LogP contribution in [-0.2, 0) is 11.2 Å². The number of nitro benzene ring substituents is 1. The summed E-state index contributed by atoms with van der Waals surface area (Å²) in [6.07, 6.45) is 0.566. The molecule has 88 valence electrons. The Morgan fingerprint density at radius 3 is 2.65 bits per heavy atom. The molecule has 0 unspecified atom stereocenters. The smallest absolute Gasteiger partial charge is 0.344 e. The van der Waals surface area contributed by atoms with Crippen molar-refractivity contribution in [2.75, 3.05) is 7.11 Å². The summed E-state index contributed by atoms with van der Waals surface area (Å²) in [4.78, 5) is 21.6. The lowest BCUT2D eigenvalue weighted by Gasteiger charge is -2.05. The number of methoxy groups -OCH3 is 1. The maximum atomic E-state index is 11.4. The first-order chi connectivity index (χ1) is 8.04. The third-order valence-corrected chi connectivity index (χ3v) is 2.29. The molecule has 0 atom stereocenters. The highest BCUT2D eigenvalue weighted by atomic mass is 16.6. The monoisotopic (exact) mass is 234 g/mol. The number of carbonyl (C=O) groups excluding carboxylic acids is 1. The van der Waals surface area contributed by atoms with Gasteiger partial charge in [0.1, 0.15) is 17.2 Å². The number of esters is 1. The summed E-state index contributed by atoms with van der Waals surface area (Å²) >= 11 is 0. The van der Waals surface area contributed by atoms with E-state index in [-0.39, 0.29) is 11.1 Å². The number of nitriles is 1. The van der Waals surface area contributed by atoms with E-state index in [9.17, 15) is 14.9 Å². The van der Waals surface area contributed by atoms with Crippen LogP contribution in [0.3, 0.4) is 0 Å². The second-order valence-electron chi connectivity index (χ2n) is 3.25. The van der Waals surface area contributed by atoms with Crippen molar-refractivity contribution >= 4 is 11.7 Å². The van der Waals surface area contributed by atoms with Crippen LogP contribution in [0, 0.1) is 21.4 Å². The second-order valence-corrected chi connectivity index (χ2v) is 3.25. The van der Waals surface area contributed by atoms with Gasteiger partial charge in [0.05, 0.1) is 12.0 Å². The lowest BCUT2D eigenvalue weighted by molar-refractivity contribution is -0.385. The highest BCUT2D eigenvalue weighted by Crippen LogP contribution is 2.26. The lowest BCUT2D eigenvalue weighted by atomic mass is 10.0. The molecule has 0 spiro atoms. The van der Waals surface area contributed by atoms with E-state index in [1.165, 1.54) is 12.1 Å². The Morgan fingerprint density at radius 1 is 1.59 bits per heavy atom. The van der Waals surface area contributed by atoms with E-state index in [0.29, 0.717) is 12.0 Å². The number of hydrogen-bond acceptors (Lipinski definition) is 5. The Balaban J connectivity index is 3.59. The van der Waals surface area contributed by atoms with Gasteiger partial charge in [-0.05, 0) is 24.1 Å². The van der Waals surface area contributed by atoms with Gasteiger partial charge in [-0.25, -0.2) is 4.79 Å². The number of ether oxygens (including phenoxy) is 1. The largest absolute Gasteiger partial charge is 0.465 e. The van der Waals surface area contributed by atoms with E-state index in [1.54, 1.807) is 6.07 Å². The van der Waals surface area contributed by atoms with Crippen LogP contribution in [0.5, 0.6) is 0 Å². The molecule has 6 nitrogen and oxygen atoms in total. The van der Waals surface area contributed by atoms with Gasteiger partial charge in [-0.3, -0.25) is 10.1 Å². The minimum Gasteiger partial charge on any atom is -0.465 e. The van der Waals surface area contributed by atoms with Crippen LogP contribution < -0.4 is 0 Å². The van der Waals surface area contributed by atoms with E-state index in [0.717, 1.165) is 7.11 Å². The fourth-order valence-electron chi connectivity index (χ4n) is 1.45. The molecule has 1 aromatic carbocycles. The summed E-state index contributed by atoms with van der Waals surface area (Å²) in [5.41, 5.74) is -0.146. The highest BCUT2D eigenvalue weighted by Gasteiger charge is 2.26. The first kappa shape index (κ1) is 12.6. The van der Waals surface area contributed by atoms with E-state index >= 15 is 0 Å². The van der Waals surface area contributed by atoms with Gasteiger partial charge in [0, 0.05) is 0 Å². The molecule has 0 aromatic heterocycles. The zero-order chi connectivity index (χ0) is 13.0. The van der Waals surface area contributed by atoms with Crippen LogP contribution in [0.1, 0.15) is 28.4 Å². The molecule has 0 amide bonds. The topological polar surface area (TPSA) is 93.2 Å². The number of rotatable bonds is 3. The molecule has 0 saturated heterocycles. The Kier molecular flexibility index (Phi) is 3.78. The van der Waals surface area contributed by atoms with Crippen molar-refractivity contribution in [3.05, 3.63) is 38.9 Å². The summed E-state index contributed by atoms with van der Waals surface area (Å²) in [5, 5.41) is 19.7. The average Bonchev–Trinajstić information content (AvgIpc) is 2.35. The normalized spacial score (nSPS) is 9.47. The molecule has 0 heterocycles. The molecule has 1 aromatic rings. The van der Waals surface area contributed by atoms with Crippen LogP contribution in [-0.4, -0.2) is 18.0 Å². The summed E-state index contributed by atoms with van der Waals surface area (Å²) < 4.78 is 4.47. The number of hydrogen-bond donors (Lipinski definition) is 0. The van der Waals surface area contributed by atoms with Gasteiger partial charge in [0.2, 0.25) is 0 Å². The second kappa shape index (κ2) is 5.07. The third kappa shape index (κ3) is 2.39. The van der Waals surface area contributed by atoms with Crippen molar-refractivity contribution in [1.29, 1.82) is 5.26 Å². The standard InChI is InChI=1S/C11H10N2O4/c1-3-7-4-8(6-12)10(13(15)16)9(5-7)11(14)17-2/h4-5H,3H2,1-2H3. The molecule has 0 saturated carbocycles. The maximum absolute atomic E-state index is 11.4. The van der Waals surface area contributed by atoms with Crippen LogP contribution >= 0.6 is 0 Å². The third-order valence-electron chi connectivity index (χ3n) is 2.29. The molecular weight excluding hydrogens is 224 g/mol. The SMILES string of the molecule is CCc1cc(C#N)c([N+](=O)[O-])c(C(=O)OC)c1. The number of aryl methyl sites for hydroxylation is 1. The molecule has 17 heavy (non-hydrogen) atoms. The van der Waals surface area contributed by atoms with E-state index in [4.69, 9.17) is 5.26 Å². The minimum atomic E-state index is -0.816. The molecule has 0 radical (unpaired) electrons. The number of carbonyl (C=O) groups is 1. The molecule has 0 aliphatic heterocycles. The fourth-order valence-corrected chi connectivity index (χ4v) is 1.45. The zero-order valence-corrected chi connectivity index (χ0v) is 9.39. The van der Waals surface area contributed by atoms with Gasteiger partial charge >= 0.3 is 11.7 Å². The molecule has 0 N–H and O–H groups in total. The molecule has 0 aliphatic carbocycles. The van der Waals surface area contributed by atoms with Gasteiger partial charge in [-0.2, -0.15) is 5.26 Å². The van der Waals surface area contributed by atoms with Gasteiger partial charge < -0.3 is 4.74 Å². The predicted octanol–water partition coefficient (Wildman–Crippen LogP) is 1.82. The Hall–Kier alpha value is -2.42. The molecule has 0 bridgehead atoms. The highest BCUT2D eigenvalue weighted by molar-refractivity contribution is 5.95. The summed E-state index contributed by atoms with van der Waals surface area (Å²) in [5.74, 6) is -0.816. The molecule has 0 aliphatic rings. The van der Waals surface area contributed by atoms with Crippen molar-refractivity contribution in [2.45, 2.75) is 13.3 Å². The van der Waals surface area contributed by atoms with Crippen LogP contribution in [0.2, 0.25) is 0 Å². The number of nitro groups is 1. The van der Waals surface area contributed by atoms with E-state index in [1.807, 2.05) is 6.92 Å². The van der Waals surface area contributed by atoms with Crippen LogP contribution in [0.4, 0.5) is 5.69 Å². The molecule has 1 rings (SSSR count). The van der Waals surface area contributed by atoms with Crippen molar-refractivity contribution in [3.63, 3.8) is 0 Å². The predicted molar refractivity (Wildman–Crippen MR) is 58.5 cm³/mol. The first-order valence-electron chi connectivity index (χ1n) is 4.84. The lowest BCUT2D eigenvalue weighted by Crippen LogP contribution is -2.08. The van der Waals surface area contributed by atoms with Crippen molar-refractivity contribution < 1.29 is 14.5 Å². The van der Waals surface area contributed by atoms with E-state index < -0.39 is 16.6 Å². The Bertz CT molecular complexity index is 517. The zero-order valence-electron chi connectivity index (χ0n) is 9.39. The summed E-state index contributed by atoms with van der Waals surface area (Å²) in [7, 11) is 1.14. The van der Waals surface area contributed by atoms with Crippen molar-refractivity contribution in [1.82, 2.24) is 0 Å². The van der Waals surface area contributed by atoms with Gasteiger partial charge in [-0.15, -0.1) is 0 Å². The first-order valence-corrected chi connectivity index (χ1v) is 4.84. The van der Waals surface area contributed by atoms with Gasteiger partial charge in [0.15, 0.2) is 0 Å².